The first-order valence-corrected chi connectivity index (χ1v) is 6.15. The van der Waals surface area contributed by atoms with Crippen LogP contribution in [0.3, 0.4) is 0 Å². The van der Waals surface area contributed by atoms with Crippen molar-refractivity contribution in [3.05, 3.63) is 36.0 Å². The van der Waals surface area contributed by atoms with Crippen LogP contribution in [0.2, 0.25) is 0 Å². The lowest BCUT2D eigenvalue weighted by atomic mass is 9.93. The molecule has 0 radical (unpaired) electrons. The highest BCUT2D eigenvalue weighted by atomic mass is 16.2. The lowest BCUT2D eigenvalue weighted by Crippen LogP contribution is -2.26. The van der Waals surface area contributed by atoms with Crippen LogP contribution in [0.15, 0.2) is 30.5 Å². The van der Waals surface area contributed by atoms with Crippen molar-refractivity contribution < 1.29 is 4.79 Å². The fourth-order valence-corrected chi connectivity index (χ4v) is 2.91. The van der Waals surface area contributed by atoms with Gasteiger partial charge in [0.15, 0.2) is 0 Å². The van der Waals surface area contributed by atoms with E-state index < -0.39 is 0 Å². The molecule has 2 bridgehead atoms. The number of nitrogens with one attached hydrogen (secondary N) is 1. The van der Waals surface area contributed by atoms with Crippen molar-refractivity contribution >= 4 is 11.7 Å². The summed E-state index contributed by atoms with van der Waals surface area (Å²) in [4.78, 5) is 16.4. The van der Waals surface area contributed by atoms with Crippen LogP contribution in [0.25, 0.3) is 0 Å². The summed E-state index contributed by atoms with van der Waals surface area (Å²) >= 11 is 0. The molecule has 0 aliphatic heterocycles. The quantitative estimate of drug-likeness (QED) is 0.790. The number of carbonyl (C=O) groups excluding carboxylic acids is 1. The Morgan fingerprint density at radius 1 is 1.41 bits per heavy atom. The second kappa shape index (κ2) is 3.99. The van der Waals surface area contributed by atoms with Gasteiger partial charge in [0, 0.05) is 12.1 Å². The van der Waals surface area contributed by atoms with E-state index in [1.165, 1.54) is 0 Å². The van der Waals surface area contributed by atoms with Crippen LogP contribution in [0.4, 0.5) is 5.82 Å². The molecule has 3 nitrogen and oxygen atoms in total. The number of carbonyl (C=O) groups is 1. The molecule has 1 amide bonds. The molecule has 0 spiro atoms. The summed E-state index contributed by atoms with van der Waals surface area (Å²) in [5.74, 6) is 2.05. The molecule has 1 heterocycles. The third kappa shape index (κ3) is 1.86. The van der Waals surface area contributed by atoms with Gasteiger partial charge in [0.2, 0.25) is 5.91 Å². The van der Waals surface area contributed by atoms with E-state index in [9.17, 15) is 4.79 Å². The monoisotopic (exact) mass is 228 g/mol. The van der Waals surface area contributed by atoms with Gasteiger partial charge in [-0.05, 0) is 43.2 Å². The molecular formula is C14H16N2O. The average Bonchev–Trinajstić information content (AvgIpc) is 2.94. The highest BCUT2D eigenvalue weighted by molar-refractivity contribution is 5.93. The van der Waals surface area contributed by atoms with E-state index in [1.807, 2.05) is 19.1 Å². The molecule has 2 aliphatic rings. The molecule has 88 valence electrons. The third-order valence-corrected chi connectivity index (χ3v) is 3.87. The highest BCUT2D eigenvalue weighted by Gasteiger charge is 2.39. The summed E-state index contributed by atoms with van der Waals surface area (Å²) in [6, 6.07) is 3.84. The van der Waals surface area contributed by atoms with Crippen molar-refractivity contribution in [1.82, 2.24) is 4.98 Å². The Labute approximate surface area is 101 Å². The summed E-state index contributed by atoms with van der Waals surface area (Å²) in [5.41, 5.74) is 1.01. The fraction of sp³-hybridized carbons (Fsp3) is 0.429. The Hall–Kier alpha value is -1.64. The predicted molar refractivity (Wildman–Crippen MR) is 66.4 cm³/mol. The largest absolute Gasteiger partial charge is 0.310 e. The van der Waals surface area contributed by atoms with Gasteiger partial charge in [-0.1, -0.05) is 18.2 Å². The molecule has 3 rings (SSSR count). The first-order chi connectivity index (χ1) is 8.24. The van der Waals surface area contributed by atoms with Crippen LogP contribution in [0, 0.1) is 24.7 Å². The maximum atomic E-state index is 12.2. The van der Waals surface area contributed by atoms with Gasteiger partial charge in [-0.25, -0.2) is 4.98 Å². The van der Waals surface area contributed by atoms with Crippen molar-refractivity contribution in [2.24, 2.45) is 17.8 Å². The lowest BCUT2D eigenvalue weighted by molar-refractivity contribution is -0.120. The number of allylic oxidation sites excluding steroid dienone is 2. The van der Waals surface area contributed by atoms with Crippen LogP contribution in [0.1, 0.15) is 18.4 Å². The topological polar surface area (TPSA) is 42.0 Å². The van der Waals surface area contributed by atoms with Gasteiger partial charge in [-0.2, -0.15) is 0 Å². The zero-order valence-corrected chi connectivity index (χ0v) is 9.89. The van der Waals surface area contributed by atoms with Crippen molar-refractivity contribution in [2.45, 2.75) is 19.8 Å². The van der Waals surface area contributed by atoms with Gasteiger partial charge in [0.25, 0.3) is 0 Å². The fourth-order valence-electron chi connectivity index (χ4n) is 2.91. The van der Waals surface area contributed by atoms with Crippen LogP contribution >= 0.6 is 0 Å². The van der Waals surface area contributed by atoms with E-state index in [1.54, 1.807) is 6.20 Å². The second-order valence-electron chi connectivity index (χ2n) is 5.04. The normalized spacial score (nSPS) is 29.6. The Balaban J connectivity index is 1.72. The van der Waals surface area contributed by atoms with Gasteiger partial charge < -0.3 is 5.32 Å². The molecule has 1 N–H and O–H groups in total. The maximum Gasteiger partial charge on any atom is 0.229 e. The molecule has 0 saturated heterocycles. The van der Waals surface area contributed by atoms with Gasteiger partial charge in [-0.3, -0.25) is 4.79 Å². The van der Waals surface area contributed by atoms with Crippen molar-refractivity contribution in [2.75, 3.05) is 5.32 Å². The number of anilines is 1. The number of amides is 1. The van der Waals surface area contributed by atoms with Gasteiger partial charge >= 0.3 is 0 Å². The molecule has 1 fully saturated rings. The van der Waals surface area contributed by atoms with E-state index in [2.05, 4.69) is 22.5 Å². The highest BCUT2D eigenvalue weighted by Crippen LogP contribution is 2.43. The molecule has 1 aromatic heterocycles. The average molecular weight is 228 g/mol. The van der Waals surface area contributed by atoms with E-state index >= 15 is 0 Å². The SMILES string of the molecule is Cc1cccnc1NC(=O)C1CC2C=CC1C2. The zero-order valence-electron chi connectivity index (χ0n) is 9.89. The molecule has 3 heteroatoms. The Bertz CT molecular complexity index is 481. The first kappa shape index (κ1) is 10.5. The number of aryl methyl sites for hydroxylation is 1. The summed E-state index contributed by atoms with van der Waals surface area (Å²) in [6.45, 7) is 1.96. The Morgan fingerprint density at radius 3 is 2.94 bits per heavy atom. The van der Waals surface area contributed by atoms with Crippen LogP contribution in [-0.4, -0.2) is 10.9 Å². The van der Waals surface area contributed by atoms with Crippen LogP contribution in [0.5, 0.6) is 0 Å². The maximum absolute atomic E-state index is 12.2. The number of nitrogens with zero attached hydrogens (tertiary/aromatic N) is 1. The molecule has 2 aliphatic carbocycles. The number of fused-ring (bicyclic) bond motifs is 2. The van der Waals surface area contributed by atoms with E-state index in [-0.39, 0.29) is 11.8 Å². The molecule has 0 aromatic carbocycles. The van der Waals surface area contributed by atoms with Crippen molar-refractivity contribution in [3.63, 3.8) is 0 Å². The second-order valence-corrected chi connectivity index (χ2v) is 5.04. The van der Waals surface area contributed by atoms with Crippen LogP contribution < -0.4 is 5.32 Å². The Morgan fingerprint density at radius 2 is 2.29 bits per heavy atom. The molecule has 17 heavy (non-hydrogen) atoms. The van der Waals surface area contributed by atoms with E-state index in [4.69, 9.17) is 0 Å². The zero-order chi connectivity index (χ0) is 11.8. The molecule has 3 atom stereocenters. The number of aromatic nitrogens is 1. The molecule has 3 unspecified atom stereocenters. The predicted octanol–water partition coefficient (Wildman–Crippen LogP) is 2.54. The summed E-state index contributed by atoms with van der Waals surface area (Å²) < 4.78 is 0. The number of hydrogen-bond donors (Lipinski definition) is 1. The first-order valence-electron chi connectivity index (χ1n) is 6.15. The molecule has 1 saturated carbocycles. The summed E-state index contributed by atoms with van der Waals surface area (Å²) in [7, 11) is 0. The summed E-state index contributed by atoms with van der Waals surface area (Å²) in [6.07, 6.45) is 8.31. The minimum atomic E-state index is 0.128. The number of pyridine rings is 1. The van der Waals surface area contributed by atoms with Crippen molar-refractivity contribution in [1.29, 1.82) is 0 Å². The number of hydrogen-bond acceptors (Lipinski definition) is 2. The van der Waals surface area contributed by atoms with Gasteiger partial charge in [-0.15, -0.1) is 0 Å². The van der Waals surface area contributed by atoms with Gasteiger partial charge in [0.05, 0.1) is 0 Å². The third-order valence-electron chi connectivity index (χ3n) is 3.87. The smallest absolute Gasteiger partial charge is 0.229 e. The minimum absolute atomic E-state index is 0.128. The standard InChI is InChI=1S/C14H16N2O/c1-9-3-2-6-15-13(9)16-14(17)12-8-10-4-5-11(12)7-10/h2-6,10-12H,7-8H2,1H3,(H,15,16,17). The minimum Gasteiger partial charge on any atom is -0.310 e. The van der Waals surface area contributed by atoms with Crippen LogP contribution in [-0.2, 0) is 4.79 Å². The number of rotatable bonds is 2. The molecular weight excluding hydrogens is 212 g/mol. The van der Waals surface area contributed by atoms with Crippen molar-refractivity contribution in [3.8, 4) is 0 Å². The van der Waals surface area contributed by atoms with E-state index in [0.717, 1.165) is 18.4 Å². The Kier molecular flexibility index (Phi) is 2.46. The van der Waals surface area contributed by atoms with Gasteiger partial charge in [0.1, 0.15) is 5.82 Å². The lowest BCUT2D eigenvalue weighted by Gasteiger charge is -2.17. The summed E-state index contributed by atoms with van der Waals surface area (Å²) in [5, 5.41) is 2.95. The van der Waals surface area contributed by atoms with E-state index in [0.29, 0.717) is 17.7 Å². The molecule has 1 aromatic rings.